The lowest BCUT2D eigenvalue weighted by molar-refractivity contribution is 0.0770. The van der Waals surface area contributed by atoms with Gasteiger partial charge in [-0.2, -0.15) is 13.4 Å². The smallest absolute Gasteiger partial charge is 0.297 e. The van der Waals surface area contributed by atoms with Crippen molar-refractivity contribution in [1.82, 2.24) is 14.5 Å². The van der Waals surface area contributed by atoms with Crippen LogP contribution in [0.15, 0.2) is 17.3 Å². The number of imidazole rings is 1. The summed E-state index contributed by atoms with van der Waals surface area (Å²) < 4.78 is 82.5. The summed E-state index contributed by atoms with van der Waals surface area (Å²) in [6, 6.07) is 0.891. The van der Waals surface area contributed by atoms with E-state index in [1.54, 1.807) is 0 Å². The lowest BCUT2D eigenvalue weighted by Crippen LogP contribution is -2.26. The largest absolute Gasteiger partial charge is 0.479 e. The Hall–Kier alpha value is -2.70. The zero-order valence-corrected chi connectivity index (χ0v) is 15.7. The van der Waals surface area contributed by atoms with Gasteiger partial charge >= 0.3 is 0 Å². The second-order valence-corrected chi connectivity index (χ2v) is 7.52. The molecule has 9 nitrogen and oxygen atoms in total. The molecule has 0 saturated heterocycles. The van der Waals surface area contributed by atoms with Gasteiger partial charge in [0, 0.05) is 19.0 Å². The summed E-state index contributed by atoms with van der Waals surface area (Å²) in [5, 5.41) is -0.185. The Kier molecular flexibility index (Phi) is 5.54. The van der Waals surface area contributed by atoms with Crippen molar-refractivity contribution in [3.8, 4) is 17.8 Å². The third kappa shape index (κ3) is 4.08. The van der Waals surface area contributed by atoms with Crippen LogP contribution >= 0.6 is 0 Å². The first-order chi connectivity index (χ1) is 13.2. The maximum atomic E-state index is 14.1. The van der Waals surface area contributed by atoms with Gasteiger partial charge < -0.3 is 14.2 Å². The molecule has 1 aliphatic heterocycles. The number of halogens is 3. The van der Waals surface area contributed by atoms with Gasteiger partial charge in [-0.15, -0.1) is 0 Å². The molecular weight excluding hydrogens is 405 g/mol. The lowest BCUT2D eigenvalue weighted by atomic mass is 10.2. The third-order valence-electron chi connectivity index (χ3n) is 3.82. The van der Waals surface area contributed by atoms with Crippen molar-refractivity contribution in [3.05, 3.63) is 18.1 Å². The van der Waals surface area contributed by atoms with Gasteiger partial charge in [-0.1, -0.05) is 0 Å². The molecule has 13 heteroatoms. The summed E-state index contributed by atoms with van der Waals surface area (Å²) in [6.45, 7) is 1.14. The van der Waals surface area contributed by atoms with Crippen LogP contribution in [0.25, 0.3) is 0 Å². The Balaban J connectivity index is 1.89. The standard InChI is InChI=1S/C15H17F3N4O5S/c1-8-3-4-22-12(6-19-15(22)27-8)28(23,24)21-10-5-9(16)13(20-14(10)25-2)26-7-11(17)18/h5-6,8,11,21H,3-4,7H2,1-2H3. The van der Waals surface area contributed by atoms with Gasteiger partial charge in [0.05, 0.1) is 13.3 Å². The number of sulfonamides is 1. The zero-order chi connectivity index (χ0) is 20.5. The molecule has 3 heterocycles. The molecule has 1 atom stereocenters. The van der Waals surface area contributed by atoms with Crippen molar-refractivity contribution >= 4 is 15.7 Å². The fourth-order valence-corrected chi connectivity index (χ4v) is 3.72. The molecule has 3 rings (SSSR count). The molecule has 0 fully saturated rings. The SMILES string of the molecule is COc1nc(OCC(F)F)c(F)cc1NS(=O)(=O)c1cnc2n1CCC(C)O2. The molecule has 2 aromatic rings. The van der Waals surface area contributed by atoms with Crippen molar-refractivity contribution in [2.75, 3.05) is 18.4 Å². The van der Waals surface area contributed by atoms with E-state index in [1.165, 1.54) is 4.57 Å². The molecule has 0 amide bonds. The average Bonchev–Trinajstić information content (AvgIpc) is 3.04. The number of nitrogens with zero attached hydrogens (tertiary/aromatic N) is 3. The zero-order valence-electron chi connectivity index (χ0n) is 14.9. The topological polar surface area (TPSA) is 105 Å². The monoisotopic (exact) mass is 422 g/mol. The van der Waals surface area contributed by atoms with Crippen LogP contribution in [0.1, 0.15) is 13.3 Å². The van der Waals surface area contributed by atoms with E-state index < -0.39 is 34.8 Å². The summed E-state index contributed by atoms with van der Waals surface area (Å²) >= 11 is 0. The number of pyridine rings is 1. The third-order valence-corrected chi connectivity index (χ3v) is 5.18. The van der Waals surface area contributed by atoms with Crippen LogP contribution in [0.5, 0.6) is 17.8 Å². The Bertz CT molecular complexity index is 967. The van der Waals surface area contributed by atoms with Crippen molar-refractivity contribution in [1.29, 1.82) is 0 Å². The molecule has 1 N–H and O–H groups in total. The highest BCUT2D eigenvalue weighted by Crippen LogP contribution is 2.31. The first kappa shape index (κ1) is 20.0. The van der Waals surface area contributed by atoms with Gasteiger partial charge in [-0.3, -0.25) is 9.29 Å². The molecule has 0 aliphatic carbocycles. The molecule has 28 heavy (non-hydrogen) atoms. The quantitative estimate of drug-likeness (QED) is 0.728. The van der Waals surface area contributed by atoms with E-state index in [0.717, 1.165) is 19.4 Å². The first-order valence-corrected chi connectivity index (χ1v) is 9.60. The second kappa shape index (κ2) is 7.73. The fourth-order valence-electron chi connectivity index (χ4n) is 2.53. The van der Waals surface area contributed by atoms with E-state index in [1.807, 2.05) is 6.92 Å². The lowest BCUT2D eigenvalue weighted by Gasteiger charge is -2.22. The highest BCUT2D eigenvalue weighted by atomic mass is 32.2. The van der Waals surface area contributed by atoms with Crippen LogP contribution in [0, 0.1) is 5.82 Å². The van der Waals surface area contributed by atoms with E-state index in [4.69, 9.17) is 9.47 Å². The van der Waals surface area contributed by atoms with E-state index in [-0.39, 0.29) is 28.7 Å². The number of nitrogens with one attached hydrogen (secondary N) is 1. The van der Waals surface area contributed by atoms with Crippen molar-refractivity contribution < 1.29 is 35.8 Å². The molecular formula is C15H17F3N4O5S. The number of fused-ring (bicyclic) bond motifs is 1. The summed E-state index contributed by atoms with van der Waals surface area (Å²) in [5.41, 5.74) is -0.329. The number of hydrogen-bond donors (Lipinski definition) is 1. The Labute approximate surface area is 158 Å². The Morgan fingerprint density at radius 2 is 2.18 bits per heavy atom. The minimum Gasteiger partial charge on any atom is -0.479 e. The maximum absolute atomic E-state index is 14.1. The van der Waals surface area contributed by atoms with Crippen LogP contribution < -0.4 is 18.9 Å². The van der Waals surface area contributed by atoms with Crippen LogP contribution in [-0.4, -0.2) is 49.2 Å². The summed E-state index contributed by atoms with van der Waals surface area (Å²) in [5.74, 6) is -2.21. The van der Waals surface area contributed by atoms with Gasteiger partial charge in [-0.25, -0.2) is 18.2 Å². The van der Waals surface area contributed by atoms with Gasteiger partial charge in [0.1, 0.15) is 11.8 Å². The molecule has 1 unspecified atom stereocenters. The molecule has 0 spiro atoms. The second-order valence-electron chi connectivity index (χ2n) is 5.89. The van der Waals surface area contributed by atoms with E-state index in [0.29, 0.717) is 13.0 Å². The average molecular weight is 422 g/mol. The number of anilines is 1. The predicted octanol–water partition coefficient (Wildman–Crippen LogP) is 2.04. The van der Waals surface area contributed by atoms with Crippen LogP contribution in [0.3, 0.4) is 0 Å². The molecule has 0 aromatic carbocycles. The van der Waals surface area contributed by atoms with E-state index in [9.17, 15) is 21.6 Å². The first-order valence-electron chi connectivity index (χ1n) is 8.11. The molecule has 2 aromatic heterocycles. The highest BCUT2D eigenvalue weighted by Gasteiger charge is 2.28. The number of aromatic nitrogens is 3. The predicted molar refractivity (Wildman–Crippen MR) is 90.0 cm³/mol. The van der Waals surface area contributed by atoms with Crippen LogP contribution in [0.4, 0.5) is 18.9 Å². The summed E-state index contributed by atoms with van der Waals surface area (Å²) in [7, 11) is -3.04. The summed E-state index contributed by atoms with van der Waals surface area (Å²) in [4.78, 5) is 7.54. The van der Waals surface area contributed by atoms with Crippen molar-refractivity contribution in [2.45, 2.75) is 37.4 Å². The van der Waals surface area contributed by atoms with Gasteiger partial charge in [0.2, 0.25) is 5.88 Å². The minimum atomic E-state index is -4.19. The van der Waals surface area contributed by atoms with Gasteiger partial charge in [-0.05, 0) is 6.92 Å². The molecule has 0 bridgehead atoms. The van der Waals surface area contributed by atoms with Gasteiger partial charge in [0.25, 0.3) is 28.3 Å². The normalized spacial score (nSPS) is 16.4. The maximum Gasteiger partial charge on any atom is 0.297 e. The molecule has 1 aliphatic rings. The minimum absolute atomic E-state index is 0.0995. The van der Waals surface area contributed by atoms with Crippen LogP contribution in [0.2, 0.25) is 0 Å². The number of alkyl halides is 2. The van der Waals surface area contributed by atoms with E-state index in [2.05, 4.69) is 19.4 Å². The number of rotatable bonds is 7. The molecule has 0 radical (unpaired) electrons. The van der Waals surface area contributed by atoms with E-state index >= 15 is 0 Å². The van der Waals surface area contributed by atoms with Crippen molar-refractivity contribution in [2.24, 2.45) is 0 Å². The van der Waals surface area contributed by atoms with Gasteiger partial charge in [0.15, 0.2) is 17.5 Å². The number of ether oxygens (including phenoxy) is 3. The fraction of sp³-hybridized carbons (Fsp3) is 0.467. The van der Waals surface area contributed by atoms with Crippen LogP contribution in [-0.2, 0) is 16.6 Å². The molecule has 0 saturated carbocycles. The summed E-state index contributed by atoms with van der Waals surface area (Å²) in [6.07, 6.45) is -1.23. The number of hydrogen-bond acceptors (Lipinski definition) is 7. The highest BCUT2D eigenvalue weighted by molar-refractivity contribution is 7.92. The number of methoxy groups -OCH3 is 1. The molecule has 154 valence electrons. The Morgan fingerprint density at radius 3 is 2.86 bits per heavy atom. The Morgan fingerprint density at radius 1 is 1.43 bits per heavy atom. The van der Waals surface area contributed by atoms with Crippen molar-refractivity contribution in [3.63, 3.8) is 0 Å².